The van der Waals surface area contributed by atoms with Gasteiger partial charge in [-0.25, -0.2) is 4.79 Å². The fourth-order valence-corrected chi connectivity index (χ4v) is 1.94. The summed E-state index contributed by atoms with van der Waals surface area (Å²) < 4.78 is 4.45. The van der Waals surface area contributed by atoms with E-state index >= 15 is 0 Å². The van der Waals surface area contributed by atoms with Crippen molar-refractivity contribution in [1.29, 1.82) is 0 Å². The number of carboxylic acids is 1. The predicted molar refractivity (Wildman–Crippen MR) is 67.3 cm³/mol. The largest absolute Gasteiger partial charge is 0.480 e. The zero-order chi connectivity index (χ0) is 14.3. The van der Waals surface area contributed by atoms with Crippen molar-refractivity contribution in [2.24, 2.45) is 5.92 Å². The number of esters is 1. The summed E-state index contributed by atoms with van der Waals surface area (Å²) in [5.74, 6) is -2.06. The van der Waals surface area contributed by atoms with E-state index < -0.39 is 18.0 Å². The Morgan fingerprint density at radius 3 is 2.68 bits per heavy atom. The molecule has 2 N–H and O–H groups in total. The van der Waals surface area contributed by atoms with E-state index in [1.54, 1.807) is 0 Å². The lowest BCUT2D eigenvalue weighted by Crippen LogP contribution is -2.44. The molecule has 0 aromatic carbocycles. The lowest BCUT2D eigenvalue weighted by Gasteiger charge is -2.20. The average Bonchev–Trinajstić information content (AvgIpc) is 2.43. The van der Waals surface area contributed by atoms with Crippen LogP contribution in [0.1, 0.15) is 32.1 Å². The molecule has 1 aliphatic rings. The Morgan fingerprint density at radius 2 is 2.16 bits per heavy atom. The van der Waals surface area contributed by atoms with Gasteiger partial charge in [0.2, 0.25) is 5.91 Å². The molecule has 0 saturated carbocycles. The van der Waals surface area contributed by atoms with Crippen LogP contribution in [0.3, 0.4) is 0 Å². The summed E-state index contributed by atoms with van der Waals surface area (Å²) >= 11 is 0. The quantitative estimate of drug-likeness (QED) is 0.551. The van der Waals surface area contributed by atoms with Gasteiger partial charge in [-0.2, -0.15) is 0 Å². The van der Waals surface area contributed by atoms with Gasteiger partial charge in [0.05, 0.1) is 7.11 Å². The first-order valence-corrected chi connectivity index (χ1v) is 6.29. The third kappa shape index (κ3) is 5.11. The number of carboxylic acid groups (broad SMARTS) is 1. The van der Waals surface area contributed by atoms with Gasteiger partial charge in [-0.3, -0.25) is 9.59 Å². The molecule has 6 heteroatoms. The highest BCUT2D eigenvalue weighted by Gasteiger charge is 2.25. The molecule has 0 bridgehead atoms. The standard InChI is InChI=1S/C13H19NO5/c1-19-11(15)8-7-10(13(17)18)14-12(16)9-5-3-2-4-6-9/h2-3,9-10H,4-8H2,1H3,(H,14,16)(H,17,18)/t9?,10-/m0/s1. The second-order valence-corrected chi connectivity index (χ2v) is 4.50. The van der Waals surface area contributed by atoms with Gasteiger partial charge in [-0.15, -0.1) is 0 Å². The third-order valence-electron chi connectivity index (χ3n) is 3.12. The molecule has 0 radical (unpaired) electrons. The van der Waals surface area contributed by atoms with Gasteiger partial charge in [0, 0.05) is 12.3 Å². The van der Waals surface area contributed by atoms with E-state index in [4.69, 9.17) is 5.11 Å². The molecule has 0 saturated heterocycles. The number of methoxy groups -OCH3 is 1. The fourth-order valence-electron chi connectivity index (χ4n) is 1.94. The molecule has 0 aromatic heterocycles. The van der Waals surface area contributed by atoms with Gasteiger partial charge >= 0.3 is 11.9 Å². The number of allylic oxidation sites excluding steroid dienone is 2. The van der Waals surface area contributed by atoms with E-state index in [1.807, 2.05) is 12.2 Å². The molecule has 0 heterocycles. The summed E-state index contributed by atoms with van der Waals surface area (Å²) in [7, 11) is 1.24. The summed E-state index contributed by atoms with van der Waals surface area (Å²) in [6.07, 6.45) is 6.14. The van der Waals surface area contributed by atoms with E-state index in [2.05, 4.69) is 10.1 Å². The van der Waals surface area contributed by atoms with Crippen LogP contribution in [0.4, 0.5) is 0 Å². The summed E-state index contributed by atoms with van der Waals surface area (Å²) in [6.45, 7) is 0. The lowest BCUT2D eigenvalue weighted by atomic mass is 9.93. The highest BCUT2D eigenvalue weighted by molar-refractivity contribution is 5.85. The molecule has 1 amide bonds. The molecular formula is C13H19NO5. The highest BCUT2D eigenvalue weighted by Crippen LogP contribution is 2.18. The van der Waals surface area contributed by atoms with E-state index in [0.717, 1.165) is 12.8 Å². The molecule has 0 fully saturated rings. The smallest absolute Gasteiger partial charge is 0.326 e. The van der Waals surface area contributed by atoms with Crippen molar-refractivity contribution in [3.63, 3.8) is 0 Å². The van der Waals surface area contributed by atoms with Crippen LogP contribution in [0.15, 0.2) is 12.2 Å². The Kier molecular flexibility index (Phi) is 6.05. The maximum Gasteiger partial charge on any atom is 0.326 e. The maximum atomic E-state index is 11.9. The normalized spacial score (nSPS) is 19.5. The second-order valence-electron chi connectivity index (χ2n) is 4.50. The number of rotatable bonds is 6. The minimum atomic E-state index is -1.14. The number of hydrogen-bond donors (Lipinski definition) is 2. The molecule has 6 nitrogen and oxygen atoms in total. The monoisotopic (exact) mass is 269 g/mol. The zero-order valence-corrected chi connectivity index (χ0v) is 10.9. The summed E-state index contributed by atoms with van der Waals surface area (Å²) in [6, 6.07) is -1.04. The second kappa shape index (κ2) is 7.56. The Labute approximate surface area is 111 Å². The van der Waals surface area contributed by atoms with Crippen LogP contribution in [0.25, 0.3) is 0 Å². The van der Waals surface area contributed by atoms with Gasteiger partial charge < -0.3 is 15.2 Å². The van der Waals surface area contributed by atoms with Crippen molar-refractivity contribution < 1.29 is 24.2 Å². The number of ether oxygens (including phenoxy) is 1. The van der Waals surface area contributed by atoms with Crippen molar-refractivity contribution in [3.05, 3.63) is 12.2 Å². The van der Waals surface area contributed by atoms with E-state index in [9.17, 15) is 14.4 Å². The third-order valence-corrected chi connectivity index (χ3v) is 3.12. The van der Waals surface area contributed by atoms with Crippen molar-refractivity contribution in [2.45, 2.75) is 38.1 Å². The summed E-state index contributed by atoms with van der Waals surface area (Å²) in [4.78, 5) is 33.9. The van der Waals surface area contributed by atoms with Crippen LogP contribution in [0.2, 0.25) is 0 Å². The van der Waals surface area contributed by atoms with Crippen LogP contribution in [-0.4, -0.2) is 36.1 Å². The first kappa shape index (κ1) is 15.2. The summed E-state index contributed by atoms with van der Waals surface area (Å²) in [5.41, 5.74) is 0. The van der Waals surface area contributed by atoms with Crippen molar-refractivity contribution >= 4 is 17.8 Å². The Balaban J connectivity index is 2.48. The molecule has 1 unspecified atom stereocenters. The molecule has 0 aromatic rings. The van der Waals surface area contributed by atoms with E-state index in [0.29, 0.717) is 6.42 Å². The molecule has 1 aliphatic carbocycles. The van der Waals surface area contributed by atoms with Crippen molar-refractivity contribution in [3.8, 4) is 0 Å². The number of carbonyl (C=O) groups excluding carboxylic acids is 2. The molecule has 0 aliphatic heterocycles. The molecule has 106 valence electrons. The number of amides is 1. The van der Waals surface area contributed by atoms with Crippen LogP contribution in [0, 0.1) is 5.92 Å². The molecular weight excluding hydrogens is 250 g/mol. The number of hydrogen-bond acceptors (Lipinski definition) is 4. The Hall–Kier alpha value is -1.85. The van der Waals surface area contributed by atoms with Crippen molar-refractivity contribution in [1.82, 2.24) is 5.32 Å². The first-order valence-electron chi connectivity index (χ1n) is 6.29. The topological polar surface area (TPSA) is 92.7 Å². The van der Waals surface area contributed by atoms with Crippen molar-refractivity contribution in [2.75, 3.05) is 7.11 Å². The van der Waals surface area contributed by atoms with Gasteiger partial charge in [0.15, 0.2) is 0 Å². The lowest BCUT2D eigenvalue weighted by molar-refractivity contribution is -0.144. The van der Waals surface area contributed by atoms with Gasteiger partial charge in [0.25, 0.3) is 0 Å². The molecule has 1 rings (SSSR count). The zero-order valence-electron chi connectivity index (χ0n) is 10.9. The minimum absolute atomic E-state index is 0.0294. The Bertz CT molecular complexity index is 377. The van der Waals surface area contributed by atoms with E-state index in [1.165, 1.54) is 7.11 Å². The summed E-state index contributed by atoms with van der Waals surface area (Å²) in [5, 5.41) is 11.5. The number of aliphatic carboxylic acids is 1. The number of nitrogens with one attached hydrogen (secondary N) is 1. The van der Waals surface area contributed by atoms with E-state index in [-0.39, 0.29) is 24.7 Å². The van der Waals surface area contributed by atoms with Gasteiger partial charge in [-0.05, 0) is 25.7 Å². The van der Waals surface area contributed by atoms with Crippen LogP contribution >= 0.6 is 0 Å². The predicted octanol–water partition coefficient (Wildman–Crippen LogP) is 0.865. The fraction of sp³-hybridized carbons (Fsp3) is 0.615. The average molecular weight is 269 g/mol. The van der Waals surface area contributed by atoms with Crippen LogP contribution in [0.5, 0.6) is 0 Å². The van der Waals surface area contributed by atoms with Crippen LogP contribution in [-0.2, 0) is 19.1 Å². The Morgan fingerprint density at radius 1 is 1.42 bits per heavy atom. The molecule has 19 heavy (non-hydrogen) atoms. The molecule has 2 atom stereocenters. The number of carbonyl (C=O) groups is 3. The maximum absolute atomic E-state index is 11.9. The first-order chi connectivity index (χ1) is 9.04. The highest BCUT2D eigenvalue weighted by atomic mass is 16.5. The minimum Gasteiger partial charge on any atom is -0.480 e. The van der Waals surface area contributed by atoms with Crippen LogP contribution < -0.4 is 5.32 Å². The van der Waals surface area contributed by atoms with Gasteiger partial charge in [-0.1, -0.05) is 12.2 Å². The molecule has 0 spiro atoms. The SMILES string of the molecule is COC(=O)CC[C@H](NC(=O)C1CC=CCC1)C(=O)O. The van der Waals surface area contributed by atoms with Gasteiger partial charge in [0.1, 0.15) is 6.04 Å².